The summed E-state index contributed by atoms with van der Waals surface area (Å²) >= 11 is 1.06. The van der Waals surface area contributed by atoms with Crippen molar-refractivity contribution in [3.05, 3.63) is 29.8 Å². The van der Waals surface area contributed by atoms with Gasteiger partial charge in [-0.25, -0.2) is 4.98 Å². The van der Waals surface area contributed by atoms with E-state index in [1.54, 1.807) is 6.07 Å². The minimum Gasteiger partial charge on any atom is -0.372 e. The average Bonchev–Trinajstić information content (AvgIpc) is 2.77. The number of nitrogens with two attached hydrogens (primary N) is 2. The Bertz CT molecular complexity index is 617. The highest BCUT2D eigenvalue weighted by Crippen LogP contribution is 2.29. The largest absolute Gasteiger partial charge is 0.372 e. The molecule has 2 heterocycles. The predicted octanol–water partition coefficient (Wildman–Crippen LogP) is 0.890. The number of hydrogen-bond acceptors (Lipinski definition) is 7. The Morgan fingerprint density at radius 3 is 3.00 bits per heavy atom. The van der Waals surface area contributed by atoms with Crippen molar-refractivity contribution in [3.8, 4) is 0 Å². The number of rotatable bonds is 6. The van der Waals surface area contributed by atoms with Gasteiger partial charge in [0, 0.05) is 19.3 Å². The zero-order chi connectivity index (χ0) is 14.5. The number of aromatic nitrogens is 2. The average molecular weight is 296 g/mol. The maximum atomic E-state index is 13.5. The molecule has 20 heavy (non-hydrogen) atoms. The SMILES string of the molecule is NCCNc1sc(Nc2ncccc2C(N)=O)nc1F. The summed E-state index contributed by atoms with van der Waals surface area (Å²) in [6, 6.07) is 3.11. The summed E-state index contributed by atoms with van der Waals surface area (Å²) in [5.41, 5.74) is 10.8. The van der Waals surface area contributed by atoms with Crippen molar-refractivity contribution in [2.75, 3.05) is 23.7 Å². The Morgan fingerprint density at radius 2 is 2.30 bits per heavy atom. The van der Waals surface area contributed by atoms with E-state index < -0.39 is 11.9 Å². The first-order chi connectivity index (χ1) is 9.61. The predicted molar refractivity (Wildman–Crippen MR) is 75.7 cm³/mol. The van der Waals surface area contributed by atoms with Gasteiger partial charge in [0.15, 0.2) is 5.13 Å². The van der Waals surface area contributed by atoms with Crippen LogP contribution < -0.4 is 22.1 Å². The Balaban J connectivity index is 2.20. The highest BCUT2D eigenvalue weighted by atomic mass is 32.1. The molecule has 7 nitrogen and oxygen atoms in total. The van der Waals surface area contributed by atoms with Crippen LogP contribution in [0.25, 0.3) is 0 Å². The normalized spacial score (nSPS) is 10.3. The smallest absolute Gasteiger partial charge is 0.252 e. The Kier molecular flexibility index (Phi) is 4.43. The first-order valence-electron chi connectivity index (χ1n) is 5.74. The summed E-state index contributed by atoms with van der Waals surface area (Å²) in [6.45, 7) is 0.820. The van der Waals surface area contributed by atoms with E-state index in [2.05, 4.69) is 20.6 Å². The molecule has 2 rings (SSSR count). The first kappa shape index (κ1) is 14.2. The molecule has 0 aliphatic carbocycles. The van der Waals surface area contributed by atoms with E-state index in [1.807, 2.05) is 0 Å². The van der Waals surface area contributed by atoms with Crippen LogP contribution in [0.5, 0.6) is 0 Å². The zero-order valence-corrected chi connectivity index (χ0v) is 11.2. The highest BCUT2D eigenvalue weighted by Gasteiger charge is 2.14. The van der Waals surface area contributed by atoms with Gasteiger partial charge in [-0.3, -0.25) is 4.79 Å². The fourth-order valence-corrected chi connectivity index (χ4v) is 2.23. The third kappa shape index (κ3) is 3.19. The van der Waals surface area contributed by atoms with Crippen molar-refractivity contribution in [1.29, 1.82) is 0 Å². The van der Waals surface area contributed by atoms with Crippen LogP contribution in [0.3, 0.4) is 0 Å². The second-order valence-electron chi connectivity index (χ2n) is 3.74. The molecule has 1 amide bonds. The van der Waals surface area contributed by atoms with E-state index >= 15 is 0 Å². The molecule has 106 valence electrons. The maximum absolute atomic E-state index is 13.5. The third-order valence-corrected chi connectivity index (χ3v) is 3.22. The van der Waals surface area contributed by atoms with Crippen LogP contribution in [0.2, 0.25) is 0 Å². The second-order valence-corrected chi connectivity index (χ2v) is 4.74. The number of nitrogens with one attached hydrogen (secondary N) is 2. The lowest BCUT2D eigenvalue weighted by Gasteiger charge is -2.05. The quantitative estimate of drug-likeness (QED) is 0.628. The van der Waals surface area contributed by atoms with Gasteiger partial charge in [-0.1, -0.05) is 11.3 Å². The highest BCUT2D eigenvalue weighted by molar-refractivity contribution is 7.19. The summed E-state index contributed by atoms with van der Waals surface area (Å²) in [7, 11) is 0. The molecule has 2 aromatic rings. The summed E-state index contributed by atoms with van der Waals surface area (Å²) in [5.74, 6) is -1.03. The second kappa shape index (κ2) is 6.26. The molecule has 0 atom stereocenters. The van der Waals surface area contributed by atoms with Gasteiger partial charge in [-0.2, -0.15) is 9.37 Å². The number of thiazole rings is 1. The van der Waals surface area contributed by atoms with Crippen molar-refractivity contribution < 1.29 is 9.18 Å². The fraction of sp³-hybridized carbons (Fsp3) is 0.182. The summed E-state index contributed by atoms with van der Waals surface area (Å²) < 4.78 is 13.5. The molecule has 0 fully saturated rings. The maximum Gasteiger partial charge on any atom is 0.252 e. The van der Waals surface area contributed by atoms with Crippen LogP contribution in [0.15, 0.2) is 18.3 Å². The molecular formula is C11H13FN6OS. The Morgan fingerprint density at radius 1 is 1.50 bits per heavy atom. The lowest BCUT2D eigenvalue weighted by molar-refractivity contribution is 0.100. The first-order valence-corrected chi connectivity index (χ1v) is 6.55. The number of carbonyl (C=O) groups excluding carboxylic acids is 1. The van der Waals surface area contributed by atoms with Gasteiger partial charge in [-0.15, -0.1) is 0 Å². The minimum atomic E-state index is -0.637. The number of halogens is 1. The van der Waals surface area contributed by atoms with Gasteiger partial charge >= 0.3 is 0 Å². The van der Waals surface area contributed by atoms with Gasteiger partial charge in [0.05, 0.1) is 5.56 Å². The molecular weight excluding hydrogens is 283 g/mol. The molecule has 0 aromatic carbocycles. The van der Waals surface area contributed by atoms with Crippen molar-refractivity contribution in [1.82, 2.24) is 9.97 Å². The molecule has 0 aliphatic rings. The topological polar surface area (TPSA) is 119 Å². The van der Waals surface area contributed by atoms with Crippen LogP contribution in [-0.2, 0) is 0 Å². The van der Waals surface area contributed by atoms with Crippen molar-refractivity contribution in [2.24, 2.45) is 11.5 Å². The van der Waals surface area contributed by atoms with Crippen LogP contribution >= 0.6 is 11.3 Å². The van der Waals surface area contributed by atoms with Crippen molar-refractivity contribution in [3.63, 3.8) is 0 Å². The zero-order valence-electron chi connectivity index (χ0n) is 10.4. The molecule has 0 radical (unpaired) electrons. The van der Waals surface area contributed by atoms with Gasteiger partial charge in [0.1, 0.15) is 10.8 Å². The summed E-state index contributed by atoms with van der Waals surface area (Å²) in [6.07, 6.45) is 1.49. The fourth-order valence-electron chi connectivity index (χ4n) is 1.45. The van der Waals surface area contributed by atoms with E-state index in [9.17, 15) is 9.18 Å². The Hall–Kier alpha value is -2.26. The van der Waals surface area contributed by atoms with E-state index in [-0.39, 0.29) is 21.5 Å². The summed E-state index contributed by atoms with van der Waals surface area (Å²) in [5, 5.41) is 6.13. The molecule has 0 saturated carbocycles. The molecule has 0 bridgehead atoms. The van der Waals surface area contributed by atoms with Crippen LogP contribution in [0.1, 0.15) is 10.4 Å². The van der Waals surface area contributed by atoms with E-state index in [0.29, 0.717) is 13.1 Å². The standard InChI is InChI=1S/C11H13FN6OS/c12-7-10(16-5-3-13)20-11(17-7)18-9-6(8(14)19)2-1-4-15-9/h1-2,4,16H,3,5,13H2,(H2,14,19)(H,15,17,18). The Labute approximate surface area is 118 Å². The van der Waals surface area contributed by atoms with Gasteiger partial charge in [0.25, 0.3) is 5.91 Å². The van der Waals surface area contributed by atoms with Crippen LogP contribution in [-0.4, -0.2) is 29.0 Å². The molecule has 9 heteroatoms. The van der Waals surface area contributed by atoms with Crippen LogP contribution in [0, 0.1) is 5.95 Å². The van der Waals surface area contributed by atoms with Crippen molar-refractivity contribution in [2.45, 2.75) is 0 Å². The molecule has 2 aromatic heterocycles. The minimum absolute atomic E-state index is 0.208. The third-order valence-electron chi connectivity index (χ3n) is 2.31. The van der Waals surface area contributed by atoms with Crippen molar-refractivity contribution >= 4 is 33.2 Å². The van der Waals surface area contributed by atoms with Gasteiger partial charge in [-0.05, 0) is 12.1 Å². The van der Waals surface area contributed by atoms with E-state index in [4.69, 9.17) is 11.5 Å². The number of hydrogen-bond donors (Lipinski definition) is 4. The number of nitrogens with zero attached hydrogens (tertiary/aromatic N) is 2. The van der Waals surface area contributed by atoms with E-state index in [0.717, 1.165) is 11.3 Å². The molecule has 0 unspecified atom stereocenters. The van der Waals surface area contributed by atoms with E-state index in [1.165, 1.54) is 12.3 Å². The number of amides is 1. The van der Waals surface area contributed by atoms with Gasteiger partial charge < -0.3 is 22.1 Å². The van der Waals surface area contributed by atoms with Gasteiger partial charge in [0.2, 0.25) is 5.95 Å². The lowest BCUT2D eigenvalue weighted by Crippen LogP contribution is -2.14. The molecule has 0 spiro atoms. The monoisotopic (exact) mass is 296 g/mol. The van der Waals surface area contributed by atoms with Crippen LogP contribution in [0.4, 0.5) is 20.3 Å². The number of primary amides is 1. The molecule has 0 aliphatic heterocycles. The number of anilines is 3. The molecule has 6 N–H and O–H groups in total. The number of carbonyl (C=O) groups is 1. The molecule has 0 saturated heterocycles. The lowest BCUT2D eigenvalue weighted by atomic mass is 10.2. The number of pyridine rings is 1. The summed E-state index contributed by atoms with van der Waals surface area (Å²) in [4.78, 5) is 18.9.